The molecule has 0 saturated carbocycles. The van der Waals surface area contributed by atoms with E-state index in [0.29, 0.717) is 11.5 Å². The summed E-state index contributed by atoms with van der Waals surface area (Å²) in [6.45, 7) is 1.99. The molecule has 2 aromatic heterocycles. The van der Waals surface area contributed by atoms with Crippen LogP contribution < -0.4 is 19.7 Å². The molecule has 3 N–H and O–H groups in total. The van der Waals surface area contributed by atoms with Crippen molar-refractivity contribution in [3.63, 3.8) is 0 Å². The third-order valence-electron chi connectivity index (χ3n) is 4.03. The number of hydrogen-bond acceptors (Lipinski definition) is 5. The highest BCUT2D eigenvalue weighted by molar-refractivity contribution is 6.09. The molecule has 0 fully saturated rings. The Morgan fingerprint density at radius 2 is 1.88 bits per heavy atom. The van der Waals surface area contributed by atoms with Crippen LogP contribution >= 0.6 is 0 Å². The van der Waals surface area contributed by atoms with E-state index >= 15 is 0 Å². The molecule has 1 aromatic carbocycles. The zero-order valence-corrected chi connectivity index (χ0v) is 14.6. The molecule has 0 spiro atoms. The van der Waals surface area contributed by atoms with E-state index in [1.807, 2.05) is 12.1 Å². The number of nitrogens with zero attached hydrogens (tertiary/aromatic N) is 2. The van der Waals surface area contributed by atoms with Gasteiger partial charge in [-0.2, -0.15) is 0 Å². The van der Waals surface area contributed by atoms with Crippen LogP contribution in [-0.4, -0.2) is 56.4 Å². The fourth-order valence-electron chi connectivity index (χ4n) is 2.80. The molecule has 24 heavy (non-hydrogen) atoms. The molecule has 0 amide bonds. The maximum Gasteiger partial charge on any atom is 0.162 e. The van der Waals surface area contributed by atoms with Crippen molar-refractivity contribution < 1.29 is 14.4 Å². The molecule has 0 unspecified atom stereocenters. The third kappa shape index (κ3) is 3.07. The number of rotatable bonds is 7. The van der Waals surface area contributed by atoms with Crippen LogP contribution in [0.1, 0.15) is 6.42 Å². The van der Waals surface area contributed by atoms with Gasteiger partial charge in [-0.3, -0.25) is 0 Å². The zero-order chi connectivity index (χ0) is 17.1. The Hall–Kier alpha value is -2.54. The molecule has 7 heteroatoms. The van der Waals surface area contributed by atoms with Crippen LogP contribution in [0.4, 0.5) is 5.82 Å². The molecule has 0 aliphatic heterocycles. The number of quaternary nitrogens is 1. The average Bonchev–Trinajstić information content (AvgIpc) is 2.95. The van der Waals surface area contributed by atoms with Crippen LogP contribution in [0.15, 0.2) is 18.5 Å². The van der Waals surface area contributed by atoms with Crippen LogP contribution in [0.25, 0.3) is 21.9 Å². The number of anilines is 1. The number of methoxy groups -OCH3 is 2. The Morgan fingerprint density at radius 3 is 2.58 bits per heavy atom. The van der Waals surface area contributed by atoms with Gasteiger partial charge in [-0.15, -0.1) is 0 Å². The molecule has 128 valence electrons. The van der Waals surface area contributed by atoms with Gasteiger partial charge in [-0.05, 0) is 6.07 Å². The first-order valence-corrected chi connectivity index (χ1v) is 8.05. The summed E-state index contributed by atoms with van der Waals surface area (Å²) >= 11 is 0. The first kappa shape index (κ1) is 16.3. The molecule has 0 radical (unpaired) electrons. The number of benzene rings is 1. The highest BCUT2D eigenvalue weighted by atomic mass is 16.5. The molecule has 0 atom stereocenters. The normalized spacial score (nSPS) is 11.4. The minimum absolute atomic E-state index is 0.688. The standard InChI is InChI=1S/C17H23N5O2/c1-22(2)7-5-6-18-17-16-15(19-10-20-17)11-8-13(23-3)14(24-4)9-12(11)21-16/h8-10,21H,5-7H2,1-4H3,(H,18,19,20)/p+1. The number of aromatic amines is 1. The summed E-state index contributed by atoms with van der Waals surface area (Å²) in [5, 5.41) is 4.39. The van der Waals surface area contributed by atoms with Crippen LogP contribution in [0.2, 0.25) is 0 Å². The number of H-pyrrole nitrogens is 1. The Morgan fingerprint density at radius 1 is 1.12 bits per heavy atom. The highest BCUT2D eigenvalue weighted by Crippen LogP contribution is 2.36. The van der Waals surface area contributed by atoms with Gasteiger partial charge in [-0.1, -0.05) is 0 Å². The predicted octanol–water partition coefficient (Wildman–Crippen LogP) is 1.07. The monoisotopic (exact) mass is 330 g/mol. The zero-order valence-electron chi connectivity index (χ0n) is 14.6. The topological polar surface area (TPSA) is 76.5 Å². The summed E-state index contributed by atoms with van der Waals surface area (Å²) in [7, 11) is 7.57. The van der Waals surface area contributed by atoms with Gasteiger partial charge < -0.3 is 24.7 Å². The number of aromatic nitrogens is 3. The molecule has 0 saturated heterocycles. The molecule has 0 aliphatic carbocycles. The number of hydrogen-bond donors (Lipinski definition) is 3. The lowest BCUT2D eigenvalue weighted by Crippen LogP contribution is -3.05. The van der Waals surface area contributed by atoms with Crippen molar-refractivity contribution >= 4 is 27.8 Å². The van der Waals surface area contributed by atoms with Crippen molar-refractivity contribution in [3.05, 3.63) is 18.5 Å². The van der Waals surface area contributed by atoms with Crippen LogP contribution in [0.5, 0.6) is 11.5 Å². The lowest BCUT2D eigenvalue weighted by molar-refractivity contribution is -0.858. The Bertz CT molecular complexity index is 844. The van der Waals surface area contributed by atoms with E-state index in [0.717, 1.165) is 47.3 Å². The molecule has 7 nitrogen and oxygen atoms in total. The number of ether oxygens (including phenoxy) is 2. The van der Waals surface area contributed by atoms with E-state index in [2.05, 4.69) is 34.4 Å². The quantitative estimate of drug-likeness (QED) is 0.565. The lowest BCUT2D eigenvalue weighted by Gasteiger charge is -2.08. The molecule has 3 aromatic rings. The predicted molar refractivity (Wildman–Crippen MR) is 95.3 cm³/mol. The second kappa shape index (κ2) is 6.92. The van der Waals surface area contributed by atoms with Crippen molar-refractivity contribution in [1.29, 1.82) is 0 Å². The first-order chi connectivity index (χ1) is 11.6. The van der Waals surface area contributed by atoms with Crippen LogP contribution in [-0.2, 0) is 0 Å². The summed E-state index contributed by atoms with van der Waals surface area (Å²) < 4.78 is 10.8. The lowest BCUT2D eigenvalue weighted by atomic mass is 10.2. The van der Waals surface area contributed by atoms with Gasteiger partial charge in [0, 0.05) is 24.4 Å². The van der Waals surface area contributed by atoms with Crippen molar-refractivity contribution in [2.45, 2.75) is 6.42 Å². The molecule has 3 rings (SSSR count). The summed E-state index contributed by atoms with van der Waals surface area (Å²) in [4.78, 5) is 13.6. The van der Waals surface area contributed by atoms with E-state index in [-0.39, 0.29) is 0 Å². The van der Waals surface area contributed by atoms with Gasteiger partial charge >= 0.3 is 0 Å². The number of nitrogens with one attached hydrogen (secondary N) is 3. The van der Waals surface area contributed by atoms with Gasteiger partial charge in [0.05, 0.1) is 40.4 Å². The van der Waals surface area contributed by atoms with E-state index in [4.69, 9.17) is 9.47 Å². The summed E-state index contributed by atoms with van der Waals surface area (Å²) in [5.41, 5.74) is 2.73. The van der Waals surface area contributed by atoms with E-state index in [1.54, 1.807) is 20.5 Å². The SMILES string of the molecule is COc1cc2[nH]c3c(NCCC[NH+](C)C)ncnc3c2cc1OC. The Balaban J connectivity index is 1.97. The fourth-order valence-corrected chi connectivity index (χ4v) is 2.80. The molecular formula is C17H24N5O2+. The molecular weight excluding hydrogens is 306 g/mol. The minimum atomic E-state index is 0.688. The Kier molecular flexibility index (Phi) is 4.71. The first-order valence-electron chi connectivity index (χ1n) is 8.05. The van der Waals surface area contributed by atoms with Crippen molar-refractivity contribution in [2.75, 3.05) is 46.7 Å². The van der Waals surface area contributed by atoms with E-state index in [1.165, 1.54) is 4.90 Å². The minimum Gasteiger partial charge on any atom is -0.493 e. The van der Waals surface area contributed by atoms with Gasteiger partial charge in [0.25, 0.3) is 0 Å². The maximum atomic E-state index is 5.39. The largest absolute Gasteiger partial charge is 0.493 e. The van der Waals surface area contributed by atoms with Crippen molar-refractivity contribution in [1.82, 2.24) is 15.0 Å². The van der Waals surface area contributed by atoms with Crippen LogP contribution in [0, 0.1) is 0 Å². The summed E-state index contributed by atoms with van der Waals surface area (Å²) in [5.74, 6) is 2.20. The molecule has 0 aliphatic rings. The average molecular weight is 330 g/mol. The summed E-state index contributed by atoms with van der Waals surface area (Å²) in [6, 6.07) is 3.87. The second-order valence-corrected chi connectivity index (χ2v) is 6.06. The van der Waals surface area contributed by atoms with Crippen LogP contribution in [0.3, 0.4) is 0 Å². The highest BCUT2D eigenvalue weighted by Gasteiger charge is 2.14. The smallest absolute Gasteiger partial charge is 0.162 e. The molecule has 2 heterocycles. The van der Waals surface area contributed by atoms with Crippen molar-refractivity contribution in [2.24, 2.45) is 0 Å². The maximum absolute atomic E-state index is 5.39. The third-order valence-corrected chi connectivity index (χ3v) is 4.03. The van der Waals surface area contributed by atoms with Gasteiger partial charge in [0.2, 0.25) is 0 Å². The van der Waals surface area contributed by atoms with Crippen molar-refractivity contribution in [3.8, 4) is 11.5 Å². The number of fused-ring (bicyclic) bond motifs is 3. The van der Waals surface area contributed by atoms with Gasteiger partial charge in [-0.25, -0.2) is 9.97 Å². The Labute approximate surface area is 141 Å². The molecule has 0 bridgehead atoms. The van der Waals surface area contributed by atoms with E-state index < -0.39 is 0 Å². The van der Waals surface area contributed by atoms with E-state index in [9.17, 15) is 0 Å². The van der Waals surface area contributed by atoms with Gasteiger partial charge in [0.15, 0.2) is 17.3 Å². The van der Waals surface area contributed by atoms with Gasteiger partial charge in [0.1, 0.15) is 17.4 Å². The summed E-state index contributed by atoms with van der Waals surface area (Å²) in [6.07, 6.45) is 2.67. The second-order valence-electron chi connectivity index (χ2n) is 6.06. The fraction of sp³-hybridized carbons (Fsp3) is 0.412.